The van der Waals surface area contributed by atoms with Crippen LogP contribution in [0.15, 0.2) is 72.6 Å². The average Bonchev–Trinajstić information content (AvgIpc) is 2.49. The van der Waals surface area contributed by atoms with Crippen LogP contribution in [0.2, 0.25) is 0 Å². The van der Waals surface area contributed by atoms with Gasteiger partial charge in [0.2, 0.25) is 0 Å². The molecule has 0 radical (unpaired) electrons. The van der Waals surface area contributed by atoms with Gasteiger partial charge in [-0.3, -0.25) is 0 Å². The van der Waals surface area contributed by atoms with Crippen LogP contribution in [0.4, 0.5) is 4.39 Å². The Bertz CT molecular complexity index is 618. The third kappa shape index (κ3) is 2.50. The number of hydrogen-bond donors (Lipinski definition) is 0. The largest absolute Gasteiger partial charge is 0.207 e. The van der Waals surface area contributed by atoms with Gasteiger partial charge in [-0.2, -0.15) is 0 Å². The SMILES string of the molecule is FC1=CCCC=C1c1ccc(-c2ccccc2)cc1. The second-order valence-electron chi connectivity index (χ2n) is 4.69. The number of hydrogen-bond acceptors (Lipinski definition) is 0. The third-order valence-corrected chi connectivity index (χ3v) is 3.40. The van der Waals surface area contributed by atoms with E-state index < -0.39 is 0 Å². The number of rotatable bonds is 2. The Morgan fingerprint density at radius 1 is 0.632 bits per heavy atom. The summed E-state index contributed by atoms with van der Waals surface area (Å²) in [5.74, 6) is -0.0984. The highest BCUT2D eigenvalue weighted by atomic mass is 19.1. The van der Waals surface area contributed by atoms with E-state index in [1.165, 1.54) is 5.56 Å². The van der Waals surface area contributed by atoms with Crippen LogP contribution < -0.4 is 0 Å². The highest BCUT2D eigenvalue weighted by molar-refractivity contribution is 5.79. The second-order valence-corrected chi connectivity index (χ2v) is 4.69. The molecule has 2 aromatic carbocycles. The van der Waals surface area contributed by atoms with Crippen molar-refractivity contribution in [1.82, 2.24) is 0 Å². The normalized spacial score (nSPS) is 14.8. The first kappa shape index (κ1) is 11.9. The Morgan fingerprint density at radius 3 is 1.89 bits per heavy atom. The van der Waals surface area contributed by atoms with Gasteiger partial charge in [-0.1, -0.05) is 60.7 Å². The molecule has 0 aromatic heterocycles. The highest BCUT2D eigenvalue weighted by Crippen LogP contribution is 2.30. The highest BCUT2D eigenvalue weighted by Gasteiger charge is 2.10. The standard InChI is InChI=1S/C18H15F/c19-18-9-5-4-8-17(18)16-12-10-15(11-13-16)14-6-2-1-3-7-14/h1-3,6-13H,4-5H2. The van der Waals surface area contributed by atoms with E-state index in [9.17, 15) is 4.39 Å². The summed E-state index contributed by atoms with van der Waals surface area (Å²) in [6, 6.07) is 18.3. The zero-order chi connectivity index (χ0) is 13.1. The Hall–Kier alpha value is -2.15. The molecule has 3 rings (SSSR count). The zero-order valence-corrected chi connectivity index (χ0v) is 10.6. The van der Waals surface area contributed by atoms with Gasteiger partial charge in [0.25, 0.3) is 0 Å². The summed E-state index contributed by atoms with van der Waals surface area (Å²) in [4.78, 5) is 0. The van der Waals surface area contributed by atoms with E-state index in [2.05, 4.69) is 12.1 Å². The molecule has 0 aliphatic heterocycles. The van der Waals surface area contributed by atoms with E-state index >= 15 is 0 Å². The molecule has 1 aliphatic carbocycles. The molecule has 94 valence electrons. The molecule has 0 amide bonds. The minimum absolute atomic E-state index is 0.0984. The molecule has 0 saturated carbocycles. The monoisotopic (exact) mass is 250 g/mol. The maximum Gasteiger partial charge on any atom is 0.126 e. The molecule has 0 heterocycles. The molecule has 19 heavy (non-hydrogen) atoms. The number of benzene rings is 2. The van der Waals surface area contributed by atoms with Crippen LogP contribution >= 0.6 is 0 Å². The van der Waals surface area contributed by atoms with Crippen molar-refractivity contribution < 1.29 is 4.39 Å². The topological polar surface area (TPSA) is 0 Å². The number of halogens is 1. The van der Waals surface area contributed by atoms with Gasteiger partial charge in [-0.05, 0) is 35.6 Å². The Balaban J connectivity index is 1.92. The first-order valence-electron chi connectivity index (χ1n) is 6.56. The predicted octanol–water partition coefficient (Wildman–Crippen LogP) is 5.38. The maximum absolute atomic E-state index is 13.8. The third-order valence-electron chi connectivity index (χ3n) is 3.40. The van der Waals surface area contributed by atoms with Crippen molar-refractivity contribution in [2.24, 2.45) is 0 Å². The molecule has 0 spiro atoms. The lowest BCUT2D eigenvalue weighted by Gasteiger charge is -2.11. The van der Waals surface area contributed by atoms with Crippen molar-refractivity contribution in [2.45, 2.75) is 12.8 Å². The van der Waals surface area contributed by atoms with E-state index in [1.807, 2.05) is 48.5 Å². The van der Waals surface area contributed by atoms with Crippen molar-refractivity contribution in [3.05, 3.63) is 78.1 Å². The lowest BCUT2D eigenvalue weighted by Crippen LogP contribution is -1.91. The summed E-state index contributed by atoms with van der Waals surface area (Å²) in [5.41, 5.74) is 4.02. The molecule has 1 heteroatoms. The van der Waals surface area contributed by atoms with E-state index in [1.54, 1.807) is 6.08 Å². The second kappa shape index (κ2) is 5.23. The van der Waals surface area contributed by atoms with Crippen molar-refractivity contribution in [2.75, 3.05) is 0 Å². The summed E-state index contributed by atoms with van der Waals surface area (Å²) in [5, 5.41) is 0. The van der Waals surface area contributed by atoms with Gasteiger partial charge in [-0.15, -0.1) is 0 Å². The van der Waals surface area contributed by atoms with Crippen molar-refractivity contribution in [1.29, 1.82) is 0 Å². The smallest absolute Gasteiger partial charge is 0.126 e. The summed E-state index contributed by atoms with van der Waals surface area (Å²) >= 11 is 0. The molecule has 0 nitrogen and oxygen atoms in total. The molecule has 0 bridgehead atoms. The number of allylic oxidation sites excluding steroid dienone is 4. The molecular weight excluding hydrogens is 235 g/mol. The van der Waals surface area contributed by atoms with Crippen LogP contribution in [0, 0.1) is 0 Å². The van der Waals surface area contributed by atoms with Gasteiger partial charge >= 0.3 is 0 Å². The quantitative estimate of drug-likeness (QED) is 0.670. The van der Waals surface area contributed by atoms with Gasteiger partial charge in [-0.25, -0.2) is 4.39 Å². The van der Waals surface area contributed by atoms with Crippen LogP contribution in [-0.2, 0) is 0 Å². The van der Waals surface area contributed by atoms with Gasteiger partial charge in [0.15, 0.2) is 0 Å². The van der Waals surface area contributed by atoms with Crippen LogP contribution in [0.5, 0.6) is 0 Å². The lowest BCUT2D eigenvalue weighted by atomic mass is 9.96. The van der Waals surface area contributed by atoms with Gasteiger partial charge in [0.1, 0.15) is 5.83 Å². The zero-order valence-electron chi connectivity index (χ0n) is 10.6. The van der Waals surface area contributed by atoms with Gasteiger partial charge < -0.3 is 0 Å². The van der Waals surface area contributed by atoms with E-state index in [0.29, 0.717) is 0 Å². The molecule has 2 aromatic rings. The first-order valence-corrected chi connectivity index (χ1v) is 6.56. The van der Waals surface area contributed by atoms with E-state index in [4.69, 9.17) is 0 Å². The summed E-state index contributed by atoms with van der Waals surface area (Å²) < 4.78 is 13.8. The average molecular weight is 250 g/mol. The molecule has 0 fully saturated rings. The van der Waals surface area contributed by atoms with Crippen molar-refractivity contribution in [3.63, 3.8) is 0 Å². The van der Waals surface area contributed by atoms with E-state index in [-0.39, 0.29) is 5.83 Å². The molecule has 1 aliphatic rings. The van der Waals surface area contributed by atoms with Crippen LogP contribution in [0.1, 0.15) is 18.4 Å². The molecule has 0 N–H and O–H groups in total. The predicted molar refractivity (Wildman–Crippen MR) is 78.3 cm³/mol. The summed E-state index contributed by atoms with van der Waals surface area (Å²) in [7, 11) is 0. The Labute approximate surface area is 112 Å². The van der Waals surface area contributed by atoms with Gasteiger partial charge in [0.05, 0.1) is 0 Å². The molecule has 0 saturated heterocycles. The lowest BCUT2D eigenvalue weighted by molar-refractivity contribution is 0.660. The fourth-order valence-electron chi connectivity index (χ4n) is 2.37. The van der Waals surface area contributed by atoms with Crippen LogP contribution in [0.25, 0.3) is 16.7 Å². The molecular formula is C18H15F. The van der Waals surface area contributed by atoms with Crippen molar-refractivity contribution in [3.8, 4) is 11.1 Å². The van der Waals surface area contributed by atoms with Crippen LogP contribution in [-0.4, -0.2) is 0 Å². The Kier molecular flexibility index (Phi) is 3.28. The first-order chi connectivity index (χ1) is 9.34. The molecule has 0 atom stereocenters. The Morgan fingerprint density at radius 2 is 1.21 bits per heavy atom. The summed E-state index contributed by atoms with van der Waals surface area (Å²) in [6.45, 7) is 0. The molecule has 0 unspecified atom stereocenters. The van der Waals surface area contributed by atoms with Crippen LogP contribution in [0.3, 0.4) is 0 Å². The minimum atomic E-state index is -0.0984. The van der Waals surface area contributed by atoms with Crippen molar-refractivity contribution >= 4 is 5.57 Å². The van der Waals surface area contributed by atoms with E-state index in [0.717, 1.165) is 29.5 Å². The van der Waals surface area contributed by atoms with Gasteiger partial charge in [0, 0.05) is 5.57 Å². The fourth-order valence-corrected chi connectivity index (χ4v) is 2.37. The maximum atomic E-state index is 13.8. The fraction of sp³-hybridized carbons (Fsp3) is 0.111. The minimum Gasteiger partial charge on any atom is -0.207 e. The summed E-state index contributed by atoms with van der Waals surface area (Å²) in [6.07, 6.45) is 5.37.